The van der Waals surface area contributed by atoms with Gasteiger partial charge in [0.25, 0.3) is 10.0 Å². The Balaban J connectivity index is 2.27. The zero-order chi connectivity index (χ0) is 13.2. The van der Waals surface area contributed by atoms with Crippen LogP contribution in [0.2, 0.25) is 0 Å². The molecule has 0 saturated heterocycles. The van der Waals surface area contributed by atoms with Crippen molar-refractivity contribution in [2.75, 3.05) is 4.72 Å². The maximum absolute atomic E-state index is 12.9. The van der Waals surface area contributed by atoms with E-state index in [9.17, 15) is 12.8 Å². The third-order valence-electron chi connectivity index (χ3n) is 2.31. The normalized spacial score (nSPS) is 11.4. The number of sulfonamides is 1. The predicted octanol–water partition coefficient (Wildman–Crippen LogP) is 1.91. The topological polar surface area (TPSA) is 74.8 Å². The van der Waals surface area contributed by atoms with E-state index in [0.717, 1.165) is 6.07 Å². The molecule has 0 spiro atoms. The van der Waals surface area contributed by atoms with Gasteiger partial charge in [-0.05, 0) is 18.2 Å². The van der Waals surface area contributed by atoms with Gasteiger partial charge in [0.2, 0.25) is 0 Å². The van der Waals surface area contributed by atoms with Crippen LogP contribution in [-0.4, -0.2) is 18.4 Å². The van der Waals surface area contributed by atoms with Crippen LogP contribution in [0, 0.1) is 5.82 Å². The summed E-state index contributed by atoms with van der Waals surface area (Å²) < 4.78 is 39.1. The summed E-state index contributed by atoms with van der Waals surface area (Å²) in [7, 11) is -3.75. The number of H-pyrrole nitrogens is 1. The van der Waals surface area contributed by atoms with Crippen molar-refractivity contribution in [2.24, 2.45) is 0 Å². The minimum Gasteiger partial charge on any atom is -0.332 e. The summed E-state index contributed by atoms with van der Waals surface area (Å²) in [4.78, 5) is 6.59. The molecule has 0 atom stereocenters. The Morgan fingerprint density at radius 2 is 2.22 bits per heavy atom. The molecule has 1 aromatic heterocycles. The van der Waals surface area contributed by atoms with Gasteiger partial charge in [0.05, 0.1) is 11.9 Å². The van der Waals surface area contributed by atoms with Gasteiger partial charge in [0, 0.05) is 6.42 Å². The van der Waals surface area contributed by atoms with E-state index in [2.05, 4.69) is 14.7 Å². The fourth-order valence-corrected chi connectivity index (χ4v) is 2.41. The Morgan fingerprint density at radius 1 is 1.44 bits per heavy atom. The van der Waals surface area contributed by atoms with Crippen molar-refractivity contribution in [3.8, 4) is 0 Å². The molecule has 5 nitrogen and oxygen atoms in total. The first kappa shape index (κ1) is 12.6. The number of anilines is 1. The van der Waals surface area contributed by atoms with Crippen molar-refractivity contribution in [1.29, 1.82) is 0 Å². The second kappa shape index (κ2) is 4.77. The molecule has 1 heterocycles. The van der Waals surface area contributed by atoms with Gasteiger partial charge in [0.15, 0.2) is 5.03 Å². The molecule has 0 radical (unpaired) electrons. The summed E-state index contributed by atoms with van der Waals surface area (Å²) in [5.41, 5.74) is 0.169. The van der Waals surface area contributed by atoms with E-state index in [1.807, 2.05) is 6.92 Å². The van der Waals surface area contributed by atoms with Crippen LogP contribution in [-0.2, 0) is 16.4 Å². The van der Waals surface area contributed by atoms with Gasteiger partial charge in [-0.25, -0.2) is 9.37 Å². The van der Waals surface area contributed by atoms with Crippen LogP contribution in [0.1, 0.15) is 12.7 Å². The summed E-state index contributed by atoms with van der Waals surface area (Å²) >= 11 is 0. The fraction of sp³-hybridized carbons (Fsp3) is 0.182. The average Bonchev–Trinajstić information content (AvgIpc) is 2.77. The Kier molecular flexibility index (Phi) is 3.33. The molecule has 0 aliphatic rings. The summed E-state index contributed by atoms with van der Waals surface area (Å²) in [6, 6.07) is 5.24. The number of halogens is 1. The molecule has 96 valence electrons. The number of aromatic nitrogens is 2. The zero-order valence-corrected chi connectivity index (χ0v) is 10.5. The quantitative estimate of drug-likeness (QED) is 0.890. The number of hydrogen-bond acceptors (Lipinski definition) is 3. The Hall–Kier alpha value is -1.89. The van der Waals surface area contributed by atoms with E-state index in [1.165, 1.54) is 24.4 Å². The average molecular weight is 269 g/mol. The SMILES string of the molecule is CCc1ncc(S(=O)(=O)Nc2cccc(F)c2)[nH]1. The number of aryl methyl sites for hydroxylation is 1. The van der Waals surface area contributed by atoms with Gasteiger partial charge >= 0.3 is 0 Å². The number of nitrogens with one attached hydrogen (secondary N) is 2. The van der Waals surface area contributed by atoms with Crippen molar-refractivity contribution < 1.29 is 12.8 Å². The van der Waals surface area contributed by atoms with Crippen molar-refractivity contribution in [3.05, 3.63) is 42.1 Å². The van der Waals surface area contributed by atoms with Crippen LogP contribution >= 0.6 is 0 Å². The first-order valence-electron chi connectivity index (χ1n) is 5.33. The van der Waals surface area contributed by atoms with Crippen molar-refractivity contribution in [2.45, 2.75) is 18.4 Å². The molecule has 0 saturated carbocycles. The first-order valence-corrected chi connectivity index (χ1v) is 6.82. The fourth-order valence-electron chi connectivity index (χ4n) is 1.42. The van der Waals surface area contributed by atoms with E-state index in [1.54, 1.807) is 0 Å². The Morgan fingerprint density at radius 3 is 2.83 bits per heavy atom. The highest BCUT2D eigenvalue weighted by atomic mass is 32.2. The number of aromatic amines is 1. The molecule has 2 rings (SSSR count). The number of benzene rings is 1. The molecule has 0 fully saturated rings. The van der Waals surface area contributed by atoms with Crippen molar-refractivity contribution in [1.82, 2.24) is 9.97 Å². The summed E-state index contributed by atoms with van der Waals surface area (Å²) in [5.74, 6) is 0.0728. The predicted molar refractivity (Wildman–Crippen MR) is 65.2 cm³/mol. The highest BCUT2D eigenvalue weighted by Gasteiger charge is 2.17. The molecule has 7 heteroatoms. The lowest BCUT2D eigenvalue weighted by atomic mass is 10.3. The molecule has 0 amide bonds. The van der Waals surface area contributed by atoms with E-state index >= 15 is 0 Å². The number of imidazole rings is 1. The largest absolute Gasteiger partial charge is 0.332 e. The van der Waals surface area contributed by atoms with Gasteiger partial charge in [-0.1, -0.05) is 13.0 Å². The zero-order valence-electron chi connectivity index (χ0n) is 9.64. The highest BCUT2D eigenvalue weighted by Crippen LogP contribution is 2.15. The third-order valence-corrected chi connectivity index (χ3v) is 3.60. The molecular weight excluding hydrogens is 257 g/mol. The van der Waals surface area contributed by atoms with E-state index in [4.69, 9.17) is 0 Å². The maximum Gasteiger partial charge on any atom is 0.278 e. The molecule has 0 aliphatic carbocycles. The second-order valence-electron chi connectivity index (χ2n) is 3.66. The van der Waals surface area contributed by atoms with Gasteiger partial charge in [-0.3, -0.25) is 4.72 Å². The highest BCUT2D eigenvalue weighted by molar-refractivity contribution is 7.92. The maximum atomic E-state index is 12.9. The van der Waals surface area contributed by atoms with Crippen molar-refractivity contribution >= 4 is 15.7 Å². The van der Waals surface area contributed by atoms with Crippen LogP contribution in [0.3, 0.4) is 0 Å². The lowest BCUT2D eigenvalue weighted by Crippen LogP contribution is -2.13. The number of rotatable bonds is 4. The van der Waals surface area contributed by atoms with E-state index in [-0.39, 0.29) is 10.7 Å². The van der Waals surface area contributed by atoms with E-state index < -0.39 is 15.8 Å². The monoisotopic (exact) mass is 269 g/mol. The minimum absolute atomic E-state index is 0.0383. The Bertz CT molecular complexity index is 652. The molecule has 18 heavy (non-hydrogen) atoms. The smallest absolute Gasteiger partial charge is 0.278 e. The van der Waals surface area contributed by atoms with Crippen LogP contribution in [0.4, 0.5) is 10.1 Å². The van der Waals surface area contributed by atoms with Crippen LogP contribution in [0.5, 0.6) is 0 Å². The summed E-state index contributed by atoms with van der Waals surface area (Å²) in [6.07, 6.45) is 1.84. The van der Waals surface area contributed by atoms with Crippen LogP contribution < -0.4 is 4.72 Å². The lowest BCUT2D eigenvalue weighted by Gasteiger charge is -2.05. The number of hydrogen-bond donors (Lipinski definition) is 2. The number of nitrogens with zero attached hydrogens (tertiary/aromatic N) is 1. The molecule has 1 aromatic carbocycles. The van der Waals surface area contributed by atoms with Gasteiger partial charge in [-0.2, -0.15) is 8.42 Å². The van der Waals surface area contributed by atoms with Gasteiger partial charge < -0.3 is 4.98 Å². The minimum atomic E-state index is -3.75. The lowest BCUT2D eigenvalue weighted by molar-refractivity contribution is 0.598. The van der Waals surface area contributed by atoms with E-state index in [0.29, 0.717) is 12.2 Å². The third kappa shape index (κ3) is 2.67. The first-order chi connectivity index (χ1) is 8.51. The molecule has 0 unspecified atom stereocenters. The molecule has 2 aromatic rings. The standard InChI is InChI=1S/C11H12FN3O2S/c1-2-10-13-7-11(14-10)18(16,17)15-9-5-3-4-8(12)6-9/h3-7,15H,2H2,1H3,(H,13,14). The molecule has 2 N–H and O–H groups in total. The molecule has 0 aliphatic heterocycles. The Labute approximate surface area is 104 Å². The summed E-state index contributed by atoms with van der Waals surface area (Å²) in [5, 5.41) is -0.0383. The second-order valence-corrected chi connectivity index (χ2v) is 5.31. The molecule has 0 bridgehead atoms. The van der Waals surface area contributed by atoms with Crippen LogP contribution in [0.15, 0.2) is 35.5 Å². The molecular formula is C11H12FN3O2S. The van der Waals surface area contributed by atoms with Crippen LogP contribution in [0.25, 0.3) is 0 Å². The van der Waals surface area contributed by atoms with Gasteiger partial charge in [0.1, 0.15) is 11.6 Å². The van der Waals surface area contributed by atoms with Crippen molar-refractivity contribution in [3.63, 3.8) is 0 Å². The van der Waals surface area contributed by atoms with Gasteiger partial charge in [-0.15, -0.1) is 0 Å². The summed E-state index contributed by atoms with van der Waals surface area (Å²) in [6.45, 7) is 1.86.